The van der Waals surface area contributed by atoms with Gasteiger partial charge in [-0.3, -0.25) is 19.4 Å². The van der Waals surface area contributed by atoms with E-state index in [1.54, 1.807) is 21.7 Å². The highest BCUT2D eigenvalue weighted by molar-refractivity contribution is 5.94. The molecule has 2 aliphatic heterocycles. The summed E-state index contributed by atoms with van der Waals surface area (Å²) < 4.78 is 47.4. The van der Waals surface area contributed by atoms with Crippen molar-refractivity contribution < 1.29 is 27.5 Å². The zero-order chi connectivity index (χ0) is 34.0. The number of aryl methyl sites for hydroxylation is 1. The first kappa shape index (κ1) is 32.9. The average molecular weight is 665 g/mol. The van der Waals surface area contributed by atoms with E-state index in [1.807, 2.05) is 30.9 Å². The Morgan fingerprint density at radius 3 is 2.42 bits per heavy atom. The average Bonchev–Trinajstić information content (AvgIpc) is 3.55. The van der Waals surface area contributed by atoms with Gasteiger partial charge >= 0.3 is 6.18 Å². The monoisotopic (exact) mass is 664 g/mol. The quantitative estimate of drug-likeness (QED) is 0.301. The molecule has 0 saturated carbocycles. The highest BCUT2D eigenvalue weighted by Gasteiger charge is 2.31. The van der Waals surface area contributed by atoms with Gasteiger partial charge in [0.05, 0.1) is 24.5 Å². The molecule has 6 rings (SSSR count). The number of aromatic nitrogens is 5. The predicted octanol–water partition coefficient (Wildman–Crippen LogP) is 3.83. The molecule has 1 saturated heterocycles. The van der Waals surface area contributed by atoms with Crippen LogP contribution in [-0.4, -0.2) is 80.3 Å². The number of anilines is 2. The molecular formula is C33H35F3N8O4. The number of alkyl halides is 3. The van der Waals surface area contributed by atoms with Gasteiger partial charge in [0.1, 0.15) is 17.9 Å². The van der Waals surface area contributed by atoms with E-state index in [-0.39, 0.29) is 23.9 Å². The highest BCUT2D eigenvalue weighted by Crippen LogP contribution is 2.30. The Balaban J connectivity index is 1.33. The van der Waals surface area contributed by atoms with Gasteiger partial charge in [-0.05, 0) is 60.7 Å². The summed E-state index contributed by atoms with van der Waals surface area (Å²) in [5.74, 6) is -0.166. The van der Waals surface area contributed by atoms with Crippen LogP contribution in [0.25, 0.3) is 11.4 Å². The third-order valence-electron chi connectivity index (χ3n) is 8.57. The summed E-state index contributed by atoms with van der Waals surface area (Å²) in [6.07, 6.45) is 0.541. The number of carbonyl (C=O) groups excluding carboxylic acids is 2. The maximum absolute atomic E-state index is 14.1. The molecule has 15 heteroatoms. The SMILES string of the molecule is CCc1cccnc1C(=O)N1CCN(c2c(CC)n(CC(=O)Nc3ccc(C(F)(F)F)cc3)c3nc(C4=CCOCC4)nn3c2=O)CC1. The second-order valence-corrected chi connectivity index (χ2v) is 11.5. The molecule has 2 amide bonds. The summed E-state index contributed by atoms with van der Waals surface area (Å²) in [4.78, 5) is 53.5. The van der Waals surface area contributed by atoms with Gasteiger partial charge in [-0.15, -0.1) is 5.10 Å². The Morgan fingerprint density at radius 1 is 1.02 bits per heavy atom. The van der Waals surface area contributed by atoms with Gasteiger partial charge in [-0.1, -0.05) is 26.0 Å². The van der Waals surface area contributed by atoms with Crippen LogP contribution >= 0.6 is 0 Å². The Bertz CT molecular complexity index is 1930. The van der Waals surface area contributed by atoms with Gasteiger partial charge in [0, 0.05) is 38.1 Å². The predicted molar refractivity (Wildman–Crippen MR) is 172 cm³/mol. The molecule has 0 spiro atoms. The van der Waals surface area contributed by atoms with Crippen LogP contribution in [0.4, 0.5) is 24.5 Å². The van der Waals surface area contributed by atoms with E-state index in [0.29, 0.717) is 81.6 Å². The largest absolute Gasteiger partial charge is 0.416 e. The molecule has 4 aromatic rings. The van der Waals surface area contributed by atoms with Crippen LogP contribution in [0.1, 0.15) is 53.4 Å². The van der Waals surface area contributed by atoms with Crippen molar-refractivity contribution in [1.29, 1.82) is 0 Å². The van der Waals surface area contributed by atoms with Gasteiger partial charge in [-0.25, -0.2) is 0 Å². The Hall–Kier alpha value is -5.05. The van der Waals surface area contributed by atoms with Gasteiger partial charge < -0.3 is 24.4 Å². The topological polar surface area (TPSA) is 127 Å². The van der Waals surface area contributed by atoms with E-state index in [9.17, 15) is 27.6 Å². The minimum atomic E-state index is -4.50. The van der Waals surface area contributed by atoms with Crippen LogP contribution in [0.3, 0.4) is 0 Å². The summed E-state index contributed by atoms with van der Waals surface area (Å²) in [5.41, 5.74) is 1.97. The number of fused-ring (bicyclic) bond motifs is 1. The van der Waals surface area contributed by atoms with Crippen LogP contribution < -0.4 is 15.8 Å². The maximum atomic E-state index is 14.1. The van der Waals surface area contributed by atoms with Gasteiger partial charge in [0.15, 0.2) is 5.82 Å². The number of nitrogens with one attached hydrogen (secondary N) is 1. The summed E-state index contributed by atoms with van der Waals surface area (Å²) >= 11 is 0. The van der Waals surface area contributed by atoms with Crippen molar-refractivity contribution in [3.05, 3.63) is 87.4 Å². The minimum absolute atomic E-state index is 0.165. The maximum Gasteiger partial charge on any atom is 0.416 e. The van der Waals surface area contributed by atoms with Crippen molar-refractivity contribution in [2.75, 3.05) is 49.6 Å². The number of benzene rings is 1. The number of amides is 2. The van der Waals surface area contributed by atoms with E-state index in [4.69, 9.17) is 4.74 Å². The lowest BCUT2D eigenvalue weighted by molar-refractivity contribution is -0.137. The Labute approximate surface area is 273 Å². The number of rotatable bonds is 8. The first-order valence-corrected chi connectivity index (χ1v) is 15.8. The molecule has 1 aromatic carbocycles. The molecule has 12 nitrogen and oxygen atoms in total. The Kier molecular flexibility index (Phi) is 9.31. The molecular weight excluding hydrogens is 629 g/mol. The Morgan fingerprint density at radius 2 is 1.77 bits per heavy atom. The second-order valence-electron chi connectivity index (χ2n) is 11.5. The van der Waals surface area contributed by atoms with Gasteiger partial charge in [-0.2, -0.15) is 22.7 Å². The summed E-state index contributed by atoms with van der Waals surface area (Å²) in [6.45, 7) is 5.84. The van der Waals surface area contributed by atoms with Crippen LogP contribution in [0.5, 0.6) is 0 Å². The van der Waals surface area contributed by atoms with Crippen molar-refractivity contribution >= 4 is 34.5 Å². The first-order valence-electron chi connectivity index (χ1n) is 15.8. The number of halogens is 3. The first-order chi connectivity index (χ1) is 23.1. The molecule has 0 unspecified atom stereocenters. The fourth-order valence-electron chi connectivity index (χ4n) is 6.08. The molecule has 3 aromatic heterocycles. The molecule has 252 valence electrons. The normalized spacial score (nSPS) is 15.5. The molecule has 2 aliphatic rings. The molecule has 48 heavy (non-hydrogen) atoms. The number of carbonyl (C=O) groups is 2. The van der Waals surface area contributed by atoms with Gasteiger partial charge in [0.2, 0.25) is 11.7 Å². The van der Waals surface area contributed by atoms with Crippen molar-refractivity contribution in [3.8, 4) is 0 Å². The lowest BCUT2D eigenvalue weighted by Crippen LogP contribution is -2.51. The zero-order valence-corrected chi connectivity index (χ0v) is 26.6. The van der Waals surface area contributed by atoms with E-state index in [1.165, 1.54) is 16.6 Å². The second kappa shape index (κ2) is 13.6. The van der Waals surface area contributed by atoms with Crippen molar-refractivity contribution in [2.45, 2.75) is 45.8 Å². The van der Waals surface area contributed by atoms with E-state index >= 15 is 0 Å². The lowest BCUT2D eigenvalue weighted by Gasteiger charge is -2.36. The molecule has 1 fully saturated rings. The zero-order valence-electron chi connectivity index (χ0n) is 26.6. The van der Waals surface area contributed by atoms with Crippen LogP contribution in [0.15, 0.2) is 53.5 Å². The lowest BCUT2D eigenvalue weighted by atomic mass is 10.1. The molecule has 0 aliphatic carbocycles. The fraction of sp³-hybridized carbons (Fsp3) is 0.394. The molecule has 0 atom stereocenters. The number of piperazine rings is 1. The van der Waals surface area contributed by atoms with Crippen molar-refractivity contribution in [2.24, 2.45) is 0 Å². The number of nitrogens with zero attached hydrogens (tertiary/aromatic N) is 7. The highest BCUT2D eigenvalue weighted by atomic mass is 19.4. The van der Waals surface area contributed by atoms with Crippen LogP contribution in [-0.2, 0) is 35.1 Å². The van der Waals surface area contributed by atoms with E-state index < -0.39 is 23.2 Å². The molecule has 0 bridgehead atoms. The molecule has 5 heterocycles. The summed E-state index contributed by atoms with van der Waals surface area (Å²) in [5, 5.41) is 7.22. The number of hydrogen-bond acceptors (Lipinski definition) is 8. The smallest absolute Gasteiger partial charge is 0.377 e. The number of hydrogen-bond donors (Lipinski definition) is 1. The van der Waals surface area contributed by atoms with E-state index in [2.05, 4.69) is 20.4 Å². The summed E-state index contributed by atoms with van der Waals surface area (Å²) in [7, 11) is 0. The molecule has 0 radical (unpaired) electrons. The third-order valence-corrected chi connectivity index (χ3v) is 8.57. The number of ether oxygens (including phenoxy) is 1. The fourth-order valence-corrected chi connectivity index (χ4v) is 6.08. The van der Waals surface area contributed by atoms with Crippen LogP contribution in [0, 0.1) is 0 Å². The minimum Gasteiger partial charge on any atom is -0.377 e. The third kappa shape index (κ3) is 6.54. The molecule has 1 N–H and O–H groups in total. The van der Waals surface area contributed by atoms with Gasteiger partial charge in [0.25, 0.3) is 11.5 Å². The summed E-state index contributed by atoms with van der Waals surface area (Å²) in [6, 6.07) is 7.87. The van der Waals surface area contributed by atoms with E-state index in [0.717, 1.165) is 23.3 Å². The van der Waals surface area contributed by atoms with Crippen LogP contribution in [0.2, 0.25) is 0 Å². The number of pyridine rings is 1. The van der Waals surface area contributed by atoms with Crippen molar-refractivity contribution in [1.82, 2.24) is 29.0 Å². The van der Waals surface area contributed by atoms with Crippen molar-refractivity contribution in [3.63, 3.8) is 0 Å². The standard InChI is InChI=1S/C33H35F3N8O4/c1-3-21-6-5-13-37-27(21)30(46)42-16-14-41(15-17-42)28-25(4-2)43(20-26(45)38-24-9-7-23(8-10-24)33(34,35)36)32-39-29(40-44(32)31(28)47)22-11-18-48-19-12-22/h5-11,13H,3-4,12,14-20H2,1-2H3,(H,38,45).